The van der Waals surface area contributed by atoms with E-state index in [4.69, 9.17) is 5.73 Å². The summed E-state index contributed by atoms with van der Waals surface area (Å²) in [5.74, 6) is 0.118. The van der Waals surface area contributed by atoms with Crippen molar-refractivity contribution in [3.8, 4) is 0 Å². The van der Waals surface area contributed by atoms with Gasteiger partial charge in [0.2, 0.25) is 5.91 Å². The maximum absolute atomic E-state index is 13.4. The van der Waals surface area contributed by atoms with Crippen LogP contribution >= 0.6 is 0 Å². The Labute approximate surface area is 119 Å². The standard InChI is InChI=1S/C15H22FN3O/c1-11-6-12(7-17)9-19(11)10-15(20)18-8-13-4-2-3-5-14(13)16/h2-5,11-12H,6-10,17H2,1H3,(H,18,20). The van der Waals surface area contributed by atoms with Crippen LogP contribution in [0.1, 0.15) is 18.9 Å². The Hall–Kier alpha value is -1.46. The van der Waals surface area contributed by atoms with Gasteiger partial charge in [0.1, 0.15) is 5.82 Å². The van der Waals surface area contributed by atoms with E-state index in [0.29, 0.717) is 30.6 Å². The monoisotopic (exact) mass is 279 g/mol. The van der Waals surface area contributed by atoms with Gasteiger partial charge in [-0.05, 0) is 31.9 Å². The number of nitrogens with zero attached hydrogens (tertiary/aromatic N) is 1. The average molecular weight is 279 g/mol. The number of hydrogen-bond acceptors (Lipinski definition) is 3. The third-order valence-electron chi connectivity index (χ3n) is 3.90. The van der Waals surface area contributed by atoms with E-state index < -0.39 is 0 Å². The summed E-state index contributed by atoms with van der Waals surface area (Å²) >= 11 is 0. The molecule has 0 bridgehead atoms. The summed E-state index contributed by atoms with van der Waals surface area (Å²) in [6.45, 7) is 4.22. The molecule has 2 unspecified atom stereocenters. The third kappa shape index (κ3) is 3.77. The van der Waals surface area contributed by atoms with Crippen LogP contribution in [-0.2, 0) is 11.3 Å². The molecule has 1 aliphatic rings. The largest absolute Gasteiger partial charge is 0.351 e. The van der Waals surface area contributed by atoms with Crippen LogP contribution in [0.25, 0.3) is 0 Å². The molecule has 0 spiro atoms. The molecule has 1 aliphatic heterocycles. The number of rotatable bonds is 5. The minimum Gasteiger partial charge on any atom is -0.351 e. The molecule has 2 atom stereocenters. The first-order valence-electron chi connectivity index (χ1n) is 7.04. The number of amides is 1. The van der Waals surface area contributed by atoms with Gasteiger partial charge in [-0.2, -0.15) is 0 Å². The summed E-state index contributed by atoms with van der Waals surface area (Å²) in [7, 11) is 0. The zero-order valence-corrected chi connectivity index (χ0v) is 11.8. The van der Waals surface area contributed by atoms with Gasteiger partial charge in [-0.3, -0.25) is 9.69 Å². The highest BCUT2D eigenvalue weighted by molar-refractivity contribution is 5.78. The number of halogens is 1. The molecule has 110 valence electrons. The number of hydrogen-bond donors (Lipinski definition) is 2. The molecule has 1 fully saturated rings. The van der Waals surface area contributed by atoms with Gasteiger partial charge in [0, 0.05) is 24.7 Å². The minimum atomic E-state index is -0.287. The van der Waals surface area contributed by atoms with E-state index in [0.717, 1.165) is 13.0 Å². The van der Waals surface area contributed by atoms with Crippen molar-refractivity contribution < 1.29 is 9.18 Å². The molecule has 1 saturated heterocycles. The summed E-state index contributed by atoms with van der Waals surface area (Å²) in [6.07, 6.45) is 1.04. The van der Waals surface area contributed by atoms with Crippen molar-refractivity contribution in [3.05, 3.63) is 35.6 Å². The Morgan fingerprint density at radius 3 is 2.90 bits per heavy atom. The Morgan fingerprint density at radius 2 is 2.25 bits per heavy atom. The molecule has 5 heteroatoms. The fourth-order valence-electron chi connectivity index (χ4n) is 2.68. The first-order chi connectivity index (χ1) is 9.60. The zero-order valence-electron chi connectivity index (χ0n) is 11.8. The van der Waals surface area contributed by atoms with Gasteiger partial charge in [0.15, 0.2) is 0 Å². The second kappa shape index (κ2) is 6.81. The predicted octanol–water partition coefficient (Wildman–Crippen LogP) is 1.11. The van der Waals surface area contributed by atoms with Crippen LogP contribution in [0.5, 0.6) is 0 Å². The summed E-state index contributed by atoms with van der Waals surface area (Å²) in [5.41, 5.74) is 6.18. The quantitative estimate of drug-likeness (QED) is 0.849. The molecule has 2 rings (SSSR count). The summed E-state index contributed by atoms with van der Waals surface area (Å²) in [4.78, 5) is 14.1. The summed E-state index contributed by atoms with van der Waals surface area (Å²) < 4.78 is 13.4. The lowest BCUT2D eigenvalue weighted by molar-refractivity contribution is -0.122. The van der Waals surface area contributed by atoms with E-state index in [9.17, 15) is 9.18 Å². The van der Waals surface area contributed by atoms with E-state index >= 15 is 0 Å². The topological polar surface area (TPSA) is 58.4 Å². The summed E-state index contributed by atoms with van der Waals surface area (Å²) in [5, 5.41) is 2.77. The third-order valence-corrected chi connectivity index (χ3v) is 3.90. The molecule has 20 heavy (non-hydrogen) atoms. The Balaban J connectivity index is 1.80. The highest BCUT2D eigenvalue weighted by Gasteiger charge is 2.29. The van der Waals surface area contributed by atoms with E-state index in [1.165, 1.54) is 6.07 Å². The van der Waals surface area contributed by atoms with Gasteiger partial charge < -0.3 is 11.1 Å². The fourth-order valence-corrected chi connectivity index (χ4v) is 2.68. The number of likely N-dealkylation sites (tertiary alicyclic amines) is 1. The predicted molar refractivity (Wildman–Crippen MR) is 76.4 cm³/mol. The number of carbonyl (C=O) groups is 1. The van der Waals surface area contributed by atoms with Crippen LogP contribution in [0.2, 0.25) is 0 Å². The SMILES string of the molecule is CC1CC(CN)CN1CC(=O)NCc1ccccc1F. The normalized spacial score (nSPS) is 22.9. The zero-order chi connectivity index (χ0) is 14.5. The first kappa shape index (κ1) is 14.9. The number of benzene rings is 1. The van der Waals surface area contributed by atoms with E-state index in [-0.39, 0.29) is 18.3 Å². The lowest BCUT2D eigenvalue weighted by Crippen LogP contribution is -2.39. The Kier molecular flexibility index (Phi) is 5.09. The van der Waals surface area contributed by atoms with Gasteiger partial charge >= 0.3 is 0 Å². The molecule has 1 heterocycles. The van der Waals surface area contributed by atoms with Crippen molar-refractivity contribution >= 4 is 5.91 Å². The molecular formula is C15H22FN3O. The van der Waals surface area contributed by atoms with Crippen molar-refractivity contribution in [3.63, 3.8) is 0 Å². The van der Waals surface area contributed by atoms with Gasteiger partial charge in [0.05, 0.1) is 6.54 Å². The molecular weight excluding hydrogens is 257 g/mol. The average Bonchev–Trinajstić information content (AvgIpc) is 2.78. The second-order valence-electron chi connectivity index (χ2n) is 5.48. The van der Waals surface area contributed by atoms with Crippen LogP contribution < -0.4 is 11.1 Å². The van der Waals surface area contributed by atoms with Crippen LogP contribution in [0.3, 0.4) is 0 Å². The van der Waals surface area contributed by atoms with Gasteiger partial charge in [-0.15, -0.1) is 0 Å². The fraction of sp³-hybridized carbons (Fsp3) is 0.533. The summed E-state index contributed by atoms with van der Waals surface area (Å²) in [6, 6.07) is 6.86. The van der Waals surface area contributed by atoms with Crippen molar-refractivity contribution in [2.45, 2.75) is 25.9 Å². The maximum atomic E-state index is 13.4. The molecule has 0 aliphatic carbocycles. The van der Waals surface area contributed by atoms with Crippen LogP contribution in [0.15, 0.2) is 24.3 Å². The second-order valence-corrected chi connectivity index (χ2v) is 5.48. The molecule has 1 aromatic rings. The molecule has 1 aromatic carbocycles. The molecule has 1 amide bonds. The Bertz CT molecular complexity index is 466. The van der Waals surface area contributed by atoms with E-state index in [1.807, 2.05) is 0 Å². The minimum absolute atomic E-state index is 0.0715. The molecule has 4 nitrogen and oxygen atoms in total. The van der Waals surface area contributed by atoms with Gasteiger partial charge in [-0.1, -0.05) is 18.2 Å². The number of nitrogens with two attached hydrogens (primary N) is 1. The molecule has 0 radical (unpaired) electrons. The molecule has 0 aromatic heterocycles. The van der Waals surface area contributed by atoms with Crippen LogP contribution in [-0.4, -0.2) is 36.5 Å². The first-order valence-corrected chi connectivity index (χ1v) is 7.04. The van der Waals surface area contributed by atoms with E-state index in [1.54, 1.807) is 18.2 Å². The molecule has 0 saturated carbocycles. The van der Waals surface area contributed by atoms with Crippen LogP contribution in [0, 0.1) is 11.7 Å². The Morgan fingerprint density at radius 1 is 1.50 bits per heavy atom. The maximum Gasteiger partial charge on any atom is 0.234 e. The van der Waals surface area contributed by atoms with E-state index in [2.05, 4.69) is 17.1 Å². The molecule has 3 N–H and O–H groups in total. The van der Waals surface area contributed by atoms with Crippen molar-refractivity contribution in [1.29, 1.82) is 0 Å². The van der Waals surface area contributed by atoms with Crippen LogP contribution in [0.4, 0.5) is 4.39 Å². The highest BCUT2D eigenvalue weighted by Crippen LogP contribution is 2.21. The lowest BCUT2D eigenvalue weighted by atomic mass is 10.1. The number of nitrogens with one attached hydrogen (secondary N) is 1. The van der Waals surface area contributed by atoms with Gasteiger partial charge in [0.25, 0.3) is 0 Å². The number of carbonyl (C=O) groups excluding carboxylic acids is 1. The van der Waals surface area contributed by atoms with Crippen molar-refractivity contribution in [1.82, 2.24) is 10.2 Å². The smallest absolute Gasteiger partial charge is 0.234 e. The van der Waals surface area contributed by atoms with Gasteiger partial charge in [-0.25, -0.2) is 4.39 Å². The lowest BCUT2D eigenvalue weighted by Gasteiger charge is -2.20. The van der Waals surface area contributed by atoms with Crippen molar-refractivity contribution in [2.24, 2.45) is 11.7 Å². The highest BCUT2D eigenvalue weighted by atomic mass is 19.1. The van der Waals surface area contributed by atoms with Crippen molar-refractivity contribution in [2.75, 3.05) is 19.6 Å².